The molecule has 0 bridgehead atoms. The molecular formula is C14H26IN3S. The first-order chi connectivity index (χ1) is 8.54. The molecule has 3 nitrogen and oxygen atoms in total. The van der Waals surface area contributed by atoms with Crippen LogP contribution in [0.15, 0.2) is 22.5 Å². The van der Waals surface area contributed by atoms with Gasteiger partial charge in [-0.25, -0.2) is 0 Å². The third kappa shape index (κ3) is 6.61. The van der Waals surface area contributed by atoms with Gasteiger partial charge in [0, 0.05) is 30.4 Å². The average Bonchev–Trinajstić information content (AvgIpc) is 2.87. The van der Waals surface area contributed by atoms with E-state index in [1.807, 2.05) is 18.4 Å². The number of rotatable bonds is 5. The predicted molar refractivity (Wildman–Crippen MR) is 96.9 cm³/mol. The van der Waals surface area contributed by atoms with Crippen LogP contribution >= 0.6 is 35.3 Å². The molecule has 110 valence electrons. The summed E-state index contributed by atoms with van der Waals surface area (Å²) in [5.41, 5.74) is 0. The molecular weight excluding hydrogens is 369 g/mol. The summed E-state index contributed by atoms with van der Waals surface area (Å²) in [5.74, 6) is 2.00. The number of nitrogens with zero attached hydrogens (tertiary/aromatic N) is 1. The van der Waals surface area contributed by atoms with Crippen LogP contribution in [0.1, 0.15) is 38.5 Å². The summed E-state index contributed by atoms with van der Waals surface area (Å²) in [4.78, 5) is 5.67. The summed E-state index contributed by atoms with van der Waals surface area (Å²) in [6.45, 7) is 9.74. The minimum absolute atomic E-state index is 0. The van der Waals surface area contributed by atoms with Gasteiger partial charge in [0.1, 0.15) is 0 Å². The second-order valence-electron chi connectivity index (χ2n) is 5.05. The highest BCUT2D eigenvalue weighted by molar-refractivity contribution is 14.0. The van der Waals surface area contributed by atoms with Crippen molar-refractivity contribution < 1.29 is 0 Å². The molecule has 2 unspecified atom stereocenters. The minimum atomic E-state index is 0. The normalized spacial score (nSPS) is 14.7. The van der Waals surface area contributed by atoms with Crippen molar-refractivity contribution in [2.75, 3.05) is 13.6 Å². The minimum Gasteiger partial charge on any atom is -0.356 e. The van der Waals surface area contributed by atoms with Crippen molar-refractivity contribution in [2.24, 2.45) is 10.9 Å². The highest BCUT2D eigenvalue weighted by Gasteiger charge is 2.11. The van der Waals surface area contributed by atoms with Gasteiger partial charge in [0.15, 0.2) is 5.96 Å². The molecule has 1 aromatic heterocycles. The van der Waals surface area contributed by atoms with Crippen LogP contribution in [0.4, 0.5) is 0 Å². The molecule has 1 heterocycles. The maximum atomic E-state index is 4.26. The molecule has 5 heteroatoms. The van der Waals surface area contributed by atoms with E-state index in [4.69, 9.17) is 0 Å². The molecule has 0 aromatic carbocycles. The van der Waals surface area contributed by atoms with Crippen molar-refractivity contribution in [2.45, 2.75) is 39.7 Å². The molecule has 1 aromatic rings. The first-order valence-electron chi connectivity index (χ1n) is 6.55. The quantitative estimate of drug-likeness (QED) is 0.453. The van der Waals surface area contributed by atoms with E-state index in [9.17, 15) is 0 Å². The third-order valence-corrected chi connectivity index (χ3v) is 4.30. The van der Waals surface area contributed by atoms with E-state index in [-0.39, 0.29) is 24.0 Å². The third-order valence-electron chi connectivity index (χ3n) is 3.19. The molecule has 0 saturated heterocycles. The summed E-state index contributed by atoms with van der Waals surface area (Å²) in [7, 11) is 1.82. The average molecular weight is 395 g/mol. The van der Waals surface area contributed by atoms with Crippen LogP contribution in [0, 0.1) is 5.92 Å². The Morgan fingerprint density at radius 1 is 1.32 bits per heavy atom. The number of thiophene rings is 1. The summed E-state index contributed by atoms with van der Waals surface area (Å²) < 4.78 is 0. The maximum Gasteiger partial charge on any atom is 0.191 e. The monoisotopic (exact) mass is 395 g/mol. The van der Waals surface area contributed by atoms with Crippen molar-refractivity contribution in [1.82, 2.24) is 10.6 Å². The van der Waals surface area contributed by atoms with Gasteiger partial charge in [0.05, 0.1) is 0 Å². The molecule has 0 radical (unpaired) electrons. The topological polar surface area (TPSA) is 36.4 Å². The van der Waals surface area contributed by atoms with Crippen molar-refractivity contribution in [3.8, 4) is 0 Å². The summed E-state index contributed by atoms with van der Waals surface area (Å²) >= 11 is 1.81. The number of hydrogen-bond acceptors (Lipinski definition) is 2. The number of halogens is 1. The highest BCUT2D eigenvalue weighted by Crippen LogP contribution is 2.19. The van der Waals surface area contributed by atoms with Crippen LogP contribution in [-0.4, -0.2) is 25.6 Å². The van der Waals surface area contributed by atoms with E-state index in [1.54, 1.807) is 0 Å². The second-order valence-corrected chi connectivity index (χ2v) is 6.03. The molecule has 0 aliphatic carbocycles. The van der Waals surface area contributed by atoms with E-state index in [0.29, 0.717) is 17.9 Å². The van der Waals surface area contributed by atoms with Gasteiger partial charge in [-0.3, -0.25) is 4.99 Å². The first kappa shape index (κ1) is 18.7. The lowest BCUT2D eigenvalue weighted by Gasteiger charge is -2.21. The van der Waals surface area contributed by atoms with Crippen LogP contribution in [0.3, 0.4) is 0 Å². The molecule has 0 fully saturated rings. The van der Waals surface area contributed by atoms with Gasteiger partial charge in [0.2, 0.25) is 0 Å². The lowest BCUT2D eigenvalue weighted by atomic mass is 10.1. The summed E-state index contributed by atoms with van der Waals surface area (Å²) in [6, 6.07) is 4.71. The van der Waals surface area contributed by atoms with Gasteiger partial charge in [-0.2, -0.15) is 0 Å². The zero-order valence-corrected chi connectivity index (χ0v) is 15.6. The van der Waals surface area contributed by atoms with Gasteiger partial charge in [-0.05, 0) is 24.3 Å². The number of aliphatic imine (C=N–C) groups is 1. The molecule has 0 amide bonds. The Bertz CT molecular complexity index is 363. The van der Waals surface area contributed by atoms with Crippen molar-refractivity contribution in [3.05, 3.63) is 22.4 Å². The first-order valence-corrected chi connectivity index (χ1v) is 7.43. The van der Waals surface area contributed by atoms with Crippen LogP contribution in [0.25, 0.3) is 0 Å². The fourth-order valence-electron chi connectivity index (χ4n) is 1.50. The van der Waals surface area contributed by atoms with E-state index in [0.717, 1.165) is 12.5 Å². The molecule has 1 rings (SSSR count). The zero-order valence-electron chi connectivity index (χ0n) is 12.4. The SMILES string of the molecule is CN=C(NCC(C)c1cccs1)NC(C)C(C)C.I. The molecule has 0 aliphatic rings. The van der Waals surface area contributed by atoms with Crippen molar-refractivity contribution in [3.63, 3.8) is 0 Å². The van der Waals surface area contributed by atoms with Crippen LogP contribution in [0.2, 0.25) is 0 Å². The van der Waals surface area contributed by atoms with Crippen molar-refractivity contribution in [1.29, 1.82) is 0 Å². The highest BCUT2D eigenvalue weighted by atomic mass is 127. The Morgan fingerprint density at radius 3 is 2.47 bits per heavy atom. The number of nitrogens with one attached hydrogen (secondary N) is 2. The Kier molecular flexibility index (Phi) is 9.43. The Balaban J connectivity index is 0.00000324. The van der Waals surface area contributed by atoms with Gasteiger partial charge in [-0.1, -0.05) is 26.8 Å². The van der Waals surface area contributed by atoms with Crippen LogP contribution in [0.5, 0.6) is 0 Å². The Morgan fingerprint density at radius 2 is 2.00 bits per heavy atom. The largest absolute Gasteiger partial charge is 0.356 e. The molecule has 19 heavy (non-hydrogen) atoms. The maximum absolute atomic E-state index is 4.26. The summed E-state index contributed by atoms with van der Waals surface area (Å²) in [6.07, 6.45) is 0. The van der Waals surface area contributed by atoms with Crippen molar-refractivity contribution >= 4 is 41.3 Å². The van der Waals surface area contributed by atoms with Crippen LogP contribution in [-0.2, 0) is 0 Å². The molecule has 2 N–H and O–H groups in total. The lowest BCUT2D eigenvalue weighted by Crippen LogP contribution is -2.45. The molecule has 0 spiro atoms. The van der Waals surface area contributed by atoms with E-state index in [1.165, 1.54) is 4.88 Å². The van der Waals surface area contributed by atoms with Gasteiger partial charge in [0.25, 0.3) is 0 Å². The second kappa shape index (κ2) is 9.58. The fourth-order valence-corrected chi connectivity index (χ4v) is 2.29. The van der Waals surface area contributed by atoms with Gasteiger partial charge < -0.3 is 10.6 Å². The van der Waals surface area contributed by atoms with Gasteiger partial charge >= 0.3 is 0 Å². The molecule has 0 aliphatic heterocycles. The van der Waals surface area contributed by atoms with Gasteiger partial charge in [-0.15, -0.1) is 35.3 Å². The van der Waals surface area contributed by atoms with Crippen LogP contribution < -0.4 is 10.6 Å². The standard InChI is InChI=1S/C14H25N3S.HI/c1-10(2)12(4)17-14(15-5)16-9-11(3)13-7-6-8-18-13;/h6-8,10-12H,9H2,1-5H3,(H2,15,16,17);1H. The van der Waals surface area contributed by atoms with E-state index < -0.39 is 0 Å². The zero-order chi connectivity index (χ0) is 13.5. The Labute approximate surface area is 138 Å². The smallest absolute Gasteiger partial charge is 0.191 e. The molecule has 2 atom stereocenters. The Hall–Kier alpha value is -0.300. The summed E-state index contributed by atoms with van der Waals surface area (Å²) in [5, 5.41) is 8.92. The number of hydrogen-bond donors (Lipinski definition) is 2. The predicted octanol–water partition coefficient (Wildman–Crippen LogP) is 3.68. The fraction of sp³-hybridized carbons (Fsp3) is 0.643. The van der Waals surface area contributed by atoms with E-state index >= 15 is 0 Å². The van der Waals surface area contributed by atoms with E-state index in [2.05, 4.69) is 60.8 Å². The number of guanidine groups is 1. The molecule has 0 saturated carbocycles. The lowest BCUT2D eigenvalue weighted by molar-refractivity contribution is 0.480.